The molecule has 4 rings (SSSR count). The average molecular weight is 324 g/mol. The molecule has 21 heavy (non-hydrogen) atoms. The highest BCUT2D eigenvalue weighted by Crippen LogP contribution is 2.30. The standard InChI is InChI=1S/C12H13N7S.ClH/c1-7-8(13)6-18(7)11-12-15-16-17-19(12)9(5-14-11)10-3-2-4-20-10;/h2-5,7-8H,6,13H2,1H3;1H. The van der Waals surface area contributed by atoms with Gasteiger partial charge in [0, 0.05) is 18.6 Å². The van der Waals surface area contributed by atoms with Crippen LogP contribution in [0.25, 0.3) is 16.2 Å². The highest BCUT2D eigenvalue weighted by Gasteiger charge is 2.35. The van der Waals surface area contributed by atoms with Gasteiger partial charge in [-0.15, -0.1) is 28.8 Å². The van der Waals surface area contributed by atoms with Gasteiger partial charge in [0.1, 0.15) is 5.69 Å². The summed E-state index contributed by atoms with van der Waals surface area (Å²) in [5.74, 6) is 0.796. The van der Waals surface area contributed by atoms with Crippen molar-refractivity contribution in [3.8, 4) is 10.6 Å². The first kappa shape index (κ1) is 14.2. The maximum absolute atomic E-state index is 5.95. The number of anilines is 1. The first-order chi connectivity index (χ1) is 9.75. The van der Waals surface area contributed by atoms with Gasteiger partial charge in [0.05, 0.1) is 11.1 Å². The summed E-state index contributed by atoms with van der Waals surface area (Å²) in [4.78, 5) is 7.78. The van der Waals surface area contributed by atoms with Gasteiger partial charge in [-0.1, -0.05) is 6.07 Å². The van der Waals surface area contributed by atoms with Crippen molar-refractivity contribution in [1.29, 1.82) is 0 Å². The summed E-state index contributed by atoms with van der Waals surface area (Å²) in [6, 6.07) is 4.48. The second kappa shape index (κ2) is 5.21. The van der Waals surface area contributed by atoms with E-state index in [1.165, 1.54) is 0 Å². The fraction of sp³-hybridized carbons (Fsp3) is 0.333. The van der Waals surface area contributed by atoms with E-state index in [0.29, 0.717) is 5.65 Å². The quantitative estimate of drug-likeness (QED) is 0.763. The lowest BCUT2D eigenvalue weighted by Crippen LogP contribution is -2.63. The van der Waals surface area contributed by atoms with Gasteiger partial charge < -0.3 is 10.6 Å². The predicted molar refractivity (Wildman–Crippen MR) is 83.9 cm³/mol. The molecule has 1 saturated heterocycles. The van der Waals surface area contributed by atoms with E-state index < -0.39 is 0 Å². The topological polar surface area (TPSA) is 85.2 Å². The second-order valence-corrected chi connectivity index (χ2v) is 5.86. The third-order valence-electron chi connectivity index (χ3n) is 3.77. The number of hydrogen-bond donors (Lipinski definition) is 1. The number of rotatable bonds is 2. The molecule has 4 heterocycles. The lowest BCUT2D eigenvalue weighted by molar-refractivity contribution is 0.402. The van der Waals surface area contributed by atoms with Crippen LogP contribution >= 0.6 is 23.7 Å². The predicted octanol–water partition coefficient (Wildman–Crippen LogP) is 1.21. The number of thiophene rings is 1. The van der Waals surface area contributed by atoms with Gasteiger partial charge in [0.15, 0.2) is 5.82 Å². The molecular formula is C12H14ClN7S. The van der Waals surface area contributed by atoms with Crippen molar-refractivity contribution in [2.24, 2.45) is 5.73 Å². The second-order valence-electron chi connectivity index (χ2n) is 4.92. The van der Waals surface area contributed by atoms with Crippen LogP contribution in [0.15, 0.2) is 23.7 Å². The summed E-state index contributed by atoms with van der Waals surface area (Å²) in [6.45, 7) is 2.87. The summed E-state index contributed by atoms with van der Waals surface area (Å²) in [6.07, 6.45) is 1.82. The molecule has 0 saturated carbocycles. The zero-order valence-corrected chi connectivity index (χ0v) is 12.9. The van der Waals surface area contributed by atoms with E-state index in [1.807, 2.05) is 23.7 Å². The van der Waals surface area contributed by atoms with E-state index in [2.05, 4.69) is 32.3 Å². The molecule has 9 heteroatoms. The van der Waals surface area contributed by atoms with Crippen molar-refractivity contribution in [2.45, 2.75) is 19.0 Å². The van der Waals surface area contributed by atoms with Crippen LogP contribution in [0.3, 0.4) is 0 Å². The molecule has 7 nitrogen and oxygen atoms in total. The Morgan fingerprint density at radius 1 is 1.43 bits per heavy atom. The molecule has 3 aromatic rings. The molecule has 2 N–H and O–H groups in total. The Morgan fingerprint density at radius 2 is 2.29 bits per heavy atom. The fourth-order valence-electron chi connectivity index (χ4n) is 2.44. The Kier molecular flexibility index (Phi) is 3.52. The number of nitrogens with two attached hydrogens (primary N) is 1. The van der Waals surface area contributed by atoms with Crippen molar-refractivity contribution >= 4 is 35.2 Å². The van der Waals surface area contributed by atoms with Gasteiger partial charge >= 0.3 is 0 Å². The molecule has 0 spiro atoms. The van der Waals surface area contributed by atoms with E-state index >= 15 is 0 Å². The van der Waals surface area contributed by atoms with Crippen molar-refractivity contribution < 1.29 is 0 Å². The van der Waals surface area contributed by atoms with Crippen molar-refractivity contribution in [2.75, 3.05) is 11.4 Å². The zero-order chi connectivity index (χ0) is 13.7. The Morgan fingerprint density at radius 3 is 2.95 bits per heavy atom. The minimum Gasteiger partial charge on any atom is -0.347 e. The van der Waals surface area contributed by atoms with Gasteiger partial charge in [-0.3, -0.25) is 0 Å². The smallest absolute Gasteiger partial charge is 0.222 e. The third-order valence-corrected chi connectivity index (χ3v) is 4.66. The molecule has 0 aromatic carbocycles. The molecule has 1 fully saturated rings. The largest absolute Gasteiger partial charge is 0.347 e. The van der Waals surface area contributed by atoms with Crippen LogP contribution in [0.5, 0.6) is 0 Å². The Bertz CT molecular complexity index is 756. The monoisotopic (exact) mass is 323 g/mol. The van der Waals surface area contributed by atoms with E-state index in [-0.39, 0.29) is 24.5 Å². The molecule has 110 valence electrons. The number of nitrogens with zero attached hydrogens (tertiary/aromatic N) is 6. The van der Waals surface area contributed by atoms with Crippen molar-refractivity contribution in [3.05, 3.63) is 23.7 Å². The first-order valence-corrected chi connectivity index (χ1v) is 7.27. The summed E-state index contributed by atoms with van der Waals surface area (Å²) in [7, 11) is 0. The Balaban J connectivity index is 0.00000132. The minimum absolute atomic E-state index is 0. The maximum atomic E-state index is 5.95. The van der Waals surface area contributed by atoms with Crippen LogP contribution in [0.1, 0.15) is 6.92 Å². The van der Waals surface area contributed by atoms with Gasteiger partial charge in [-0.05, 0) is 28.8 Å². The van der Waals surface area contributed by atoms with Crippen LogP contribution in [0, 0.1) is 0 Å². The number of tetrazole rings is 1. The summed E-state index contributed by atoms with van der Waals surface area (Å²) < 4.78 is 1.74. The summed E-state index contributed by atoms with van der Waals surface area (Å²) >= 11 is 1.64. The molecule has 2 atom stereocenters. The molecule has 2 unspecified atom stereocenters. The van der Waals surface area contributed by atoms with E-state index in [9.17, 15) is 0 Å². The highest BCUT2D eigenvalue weighted by molar-refractivity contribution is 7.13. The van der Waals surface area contributed by atoms with E-state index in [4.69, 9.17) is 5.73 Å². The maximum Gasteiger partial charge on any atom is 0.222 e. The molecule has 0 amide bonds. The van der Waals surface area contributed by atoms with Crippen LogP contribution in [0.2, 0.25) is 0 Å². The molecular weight excluding hydrogens is 310 g/mol. The van der Waals surface area contributed by atoms with Gasteiger partial charge in [0.25, 0.3) is 0 Å². The number of aromatic nitrogens is 5. The number of fused-ring (bicyclic) bond motifs is 1. The molecule has 1 aliphatic heterocycles. The van der Waals surface area contributed by atoms with E-state index in [1.54, 1.807) is 15.9 Å². The van der Waals surface area contributed by atoms with Crippen molar-refractivity contribution in [1.82, 2.24) is 25.0 Å². The fourth-order valence-corrected chi connectivity index (χ4v) is 3.16. The first-order valence-electron chi connectivity index (χ1n) is 6.39. The molecule has 0 radical (unpaired) electrons. The van der Waals surface area contributed by atoms with Gasteiger partial charge in [0.2, 0.25) is 5.65 Å². The highest BCUT2D eigenvalue weighted by atomic mass is 35.5. The third kappa shape index (κ3) is 2.06. The van der Waals surface area contributed by atoms with Gasteiger partial charge in [-0.25, -0.2) is 4.98 Å². The number of hydrogen-bond acceptors (Lipinski definition) is 7. The zero-order valence-electron chi connectivity index (χ0n) is 11.2. The summed E-state index contributed by atoms with van der Waals surface area (Å²) in [5.41, 5.74) is 7.53. The lowest BCUT2D eigenvalue weighted by Gasteiger charge is -2.45. The van der Waals surface area contributed by atoms with Crippen molar-refractivity contribution in [3.63, 3.8) is 0 Å². The molecule has 0 bridgehead atoms. The molecule has 3 aromatic heterocycles. The van der Waals surface area contributed by atoms with E-state index in [0.717, 1.165) is 22.9 Å². The van der Waals surface area contributed by atoms with Crippen LogP contribution in [-0.2, 0) is 0 Å². The Labute approximate surface area is 131 Å². The summed E-state index contributed by atoms with van der Waals surface area (Å²) in [5, 5.41) is 14.0. The lowest BCUT2D eigenvalue weighted by atomic mass is 9.99. The minimum atomic E-state index is 0. The Hall–Kier alpha value is -1.77. The normalized spacial score (nSPS) is 21.1. The number of halogens is 1. The van der Waals surface area contributed by atoms with Crippen LogP contribution in [-0.4, -0.2) is 43.7 Å². The molecule has 1 aliphatic rings. The van der Waals surface area contributed by atoms with Crippen LogP contribution in [0.4, 0.5) is 5.82 Å². The average Bonchev–Trinajstić information content (AvgIpc) is 3.14. The molecule has 0 aliphatic carbocycles. The van der Waals surface area contributed by atoms with Gasteiger partial charge in [-0.2, -0.15) is 4.52 Å². The van der Waals surface area contributed by atoms with Crippen LogP contribution < -0.4 is 10.6 Å². The SMILES string of the molecule is CC1C(N)CN1c1ncc(-c2cccs2)n2nnnc12.Cl.